The molecule has 1 aromatic rings. The van der Waals surface area contributed by atoms with Crippen molar-refractivity contribution in [2.75, 3.05) is 18.0 Å². The van der Waals surface area contributed by atoms with Gasteiger partial charge in [-0.1, -0.05) is 6.42 Å². The van der Waals surface area contributed by atoms with E-state index < -0.39 is 23.1 Å². The van der Waals surface area contributed by atoms with Crippen molar-refractivity contribution in [3.63, 3.8) is 0 Å². The van der Waals surface area contributed by atoms with Gasteiger partial charge in [-0.3, -0.25) is 9.59 Å². The third-order valence-electron chi connectivity index (χ3n) is 5.52. The normalized spacial score (nSPS) is 20.0. The van der Waals surface area contributed by atoms with Crippen LogP contribution in [0.3, 0.4) is 0 Å². The number of aromatic nitrogens is 1. The number of anilines is 1. The summed E-state index contributed by atoms with van der Waals surface area (Å²) in [5, 5.41) is 12.2. The number of hydrogen-bond acceptors (Lipinski definition) is 4. The van der Waals surface area contributed by atoms with Gasteiger partial charge in [0.05, 0.1) is 11.0 Å². The van der Waals surface area contributed by atoms with Crippen LogP contribution in [0.1, 0.15) is 44.1 Å². The first-order valence-corrected chi connectivity index (χ1v) is 9.01. The summed E-state index contributed by atoms with van der Waals surface area (Å²) in [5.74, 6) is -0.678. The highest BCUT2D eigenvalue weighted by atomic mass is 19.4. The largest absolute Gasteiger partial charge is 0.481 e. The minimum atomic E-state index is -4.41. The van der Waals surface area contributed by atoms with Crippen LogP contribution in [-0.2, 0) is 15.8 Å². The van der Waals surface area contributed by atoms with Crippen LogP contribution < -0.4 is 10.2 Å². The van der Waals surface area contributed by atoms with Gasteiger partial charge in [-0.05, 0) is 37.8 Å². The quantitative estimate of drug-likeness (QED) is 0.815. The fourth-order valence-corrected chi connectivity index (χ4v) is 3.65. The number of hydrogen-bond donors (Lipinski definition) is 2. The second-order valence-electron chi connectivity index (χ2n) is 7.35. The van der Waals surface area contributed by atoms with Crippen LogP contribution in [0, 0.1) is 5.41 Å². The van der Waals surface area contributed by atoms with E-state index in [1.54, 1.807) is 0 Å². The van der Waals surface area contributed by atoms with Crippen molar-refractivity contribution in [2.24, 2.45) is 5.41 Å². The molecule has 2 fully saturated rings. The highest BCUT2D eigenvalue weighted by molar-refractivity contribution is 5.85. The zero-order valence-corrected chi connectivity index (χ0v) is 14.8. The fourth-order valence-electron chi connectivity index (χ4n) is 3.65. The van der Waals surface area contributed by atoms with Gasteiger partial charge in [0.15, 0.2) is 0 Å². The molecule has 6 nitrogen and oxygen atoms in total. The molecular formula is C18H22F3N3O3. The molecule has 2 aliphatic rings. The number of amides is 1. The van der Waals surface area contributed by atoms with E-state index in [1.165, 1.54) is 6.07 Å². The summed E-state index contributed by atoms with van der Waals surface area (Å²) in [6.45, 7) is 1.13. The van der Waals surface area contributed by atoms with Crippen molar-refractivity contribution in [3.8, 4) is 0 Å². The number of nitrogens with zero attached hydrogens (tertiary/aromatic N) is 2. The summed E-state index contributed by atoms with van der Waals surface area (Å²) in [7, 11) is 0. The maximum Gasteiger partial charge on any atom is 0.417 e. The first-order valence-electron chi connectivity index (χ1n) is 9.01. The Morgan fingerprint density at radius 3 is 2.37 bits per heavy atom. The molecule has 1 aromatic heterocycles. The third-order valence-corrected chi connectivity index (χ3v) is 5.52. The van der Waals surface area contributed by atoms with Crippen molar-refractivity contribution < 1.29 is 27.9 Å². The van der Waals surface area contributed by atoms with Crippen molar-refractivity contribution in [3.05, 3.63) is 23.9 Å². The number of carbonyl (C=O) groups is 2. The number of nitrogens with one attached hydrogen (secondary N) is 1. The second kappa shape index (κ2) is 7.36. The van der Waals surface area contributed by atoms with Crippen LogP contribution >= 0.6 is 0 Å². The SMILES string of the molecule is O=C(CC1(C(=O)O)CCC1)NC1CCN(c2ccc(C(F)(F)F)cn2)CC1. The van der Waals surface area contributed by atoms with Crippen LogP contribution in [0.15, 0.2) is 18.3 Å². The maximum atomic E-state index is 12.6. The van der Waals surface area contributed by atoms with Gasteiger partial charge in [0, 0.05) is 31.7 Å². The van der Waals surface area contributed by atoms with Crippen LogP contribution in [0.4, 0.5) is 19.0 Å². The molecule has 0 aromatic carbocycles. The zero-order chi connectivity index (χ0) is 19.7. The molecule has 0 unspecified atom stereocenters. The number of rotatable bonds is 5. The lowest BCUT2D eigenvalue weighted by atomic mass is 9.66. The van der Waals surface area contributed by atoms with E-state index >= 15 is 0 Å². The zero-order valence-electron chi connectivity index (χ0n) is 14.8. The Kier molecular flexibility index (Phi) is 5.30. The number of alkyl halides is 3. The third kappa shape index (κ3) is 4.33. The van der Waals surface area contributed by atoms with E-state index in [0.29, 0.717) is 44.6 Å². The molecule has 1 saturated heterocycles. The second-order valence-corrected chi connectivity index (χ2v) is 7.35. The smallest absolute Gasteiger partial charge is 0.417 e. The number of carbonyl (C=O) groups excluding carboxylic acids is 1. The summed E-state index contributed by atoms with van der Waals surface area (Å²) >= 11 is 0. The lowest BCUT2D eigenvalue weighted by Crippen LogP contribution is -2.48. The average Bonchev–Trinajstić information content (AvgIpc) is 2.58. The fraction of sp³-hybridized carbons (Fsp3) is 0.611. The number of pyridine rings is 1. The van der Waals surface area contributed by atoms with Gasteiger partial charge in [-0.25, -0.2) is 4.98 Å². The van der Waals surface area contributed by atoms with Crippen LogP contribution in [0.5, 0.6) is 0 Å². The predicted molar refractivity (Wildman–Crippen MR) is 91.2 cm³/mol. The molecule has 148 valence electrons. The van der Waals surface area contributed by atoms with Gasteiger partial charge in [-0.15, -0.1) is 0 Å². The standard InChI is InChI=1S/C18H22F3N3O3/c19-18(20,21)12-2-3-14(22-11-12)24-8-4-13(5-9-24)23-15(25)10-17(16(26)27)6-1-7-17/h2-3,11,13H,1,4-10H2,(H,23,25)(H,26,27). The lowest BCUT2D eigenvalue weighted by Gasteiger charge is -2.38. The number of aliphatic carboxylic acids is 1. The summed E-state index contributed by atoms with van der Waals surface area (Å²) in [4.78, 5) is 29.3. The Morgan fingerprint density at radius 1 is 1.26 bits per heavy atom. The van der Waals surface area contributed by atoms with Gasteiger partial charge in [-0.2, -0.15) is 13.2 Å². The summed E-state index contributed by atoms with van der Waals surface area (Å²) < 4.78 is 37.8. The molecular weight excluding hydrogens is 363 g/mol. The van der Waals surface area contributed by atoms with Crippen LogP contribution in [-0.4, -0.2) is 41.1 Å². The highest BCUT2D eigenvalue weighted by Gasteiger charge is 2.46. The van der Waals surface area contributed by atoms with Crippen molar-refractivity contribution in [1.82, 2.24) is 10.3 Å². The molecule has 1 amide bonds. The monoisotopic (exact) mass is 385 g/mol. The van der Waals surface area contributed by atoms with Gasteiger partial charge in [0.2, 0.25) is 5.91 Å². The predicted octanol–water partition coefficient (Wildman–Crippen LogP) is 2.83. The van der Waals surface area contributed by atoms with E-state index in [2.05, 4.69) is 10.3 Å². The molecule has 1 aliphatic carbocycles. The Labute approximate surface area is 154 Å². The van der Waals surface area contributed by atoms with Gasteiger partial charge < -0.3 is 15.3 Å². The summed E-state index contributed by atoms with van der Waals surface area (Å²) in [6, 6.07) is 2.31. The minimum absolute atomic E-state index is 0.00298. The van der Waals surface area contributed by atoms with Gasteiger partial charge in [0.25, 0.3) is 0 Å². The average molecular weight is 385 g/mol. The highest BCUT2D eigenvalue weighted by Crippen LogP contribution is 2.44. The molecule has 9 heteroatoms. The van der Waals surface area contributed by atoms with E-state index in [1.807, 2.05) is 4.90 Å². The molecule has 0 bridgehead atoms. The Morgan fingerprint density at radius 2 is 1.93 bits per heavy atom. The number of carboxylic acids is 1. The molecule has 27 heavy (non-hydrogen) atoms. The lowest BCUT2D eigenvalue weighted by molar-refractivity contribution is -0.157. The molecule has 2 N–H and O–H groups in total. The molecule has 1 saturated carbocycles. The Bertz CT molecular complexity index is 694. The van der Waals surface area contributed by atoms with Crippen molar-refractivity contribution in [2.45, 2.75) is 50.7 Å². The Balaban J connectivity index is 1.49. The topological polar surface area (TPSA) is 82.5 Å². The number of halogens is 3. The van der Waals surface area contributed by atoms with E-state index in [-0.39, 0.29) is 18.4 Å². The van der Waals surface area contributed by atoms with Gasteiger partial charge in [0.1, 0.15) is 5.82 Å². The van der Waals surface area contributed by atoms with Crippen LogP contribution in [0.25, 0.3) is 0 Å². The van der Waals surface area contributed by atoms with E-state index in [9.17, 15) is 27.9 Å². The van der Waals surface area contributed by atoms with E-state index in [0.717, 1.165) is 18.7 Å². The van der Waals surface area contributed by atoms with Gasteiger partial charge >= 0.3 is 12.1 Å². The molecule has 2 heterocycles. The molecule has 3 rings (SSSR count). The first kappa shape index (κ1) is 19.4. The van der Waals surface area contributed by atoms with E-state index in [4.69, 9.17) is 0 Å². The first-order chi connectivity index (χ1) is 12.7. The van der Waals surface area contributed by atoms with Crippen molar-refractivity contribution in [1.29, 1.82) is 0 Å². The number of carboxylic acid groups (broad SMARTS) is 1. The van der Waals surface area contributed by atoms with Crippen LogP contribution in [0.2, 0.25) is 0 Å². The Hall–Kier alpha value is -2.32. The van der Waals surface area contributed by atoms with Crippen molar-refractivity contribution >= 4 is 17.7 Å². The summed E-state index contributed by atoms with van der Waals surface area (Å²) in [6.07, 6.45) is -0.407. The molecule has 1 aliphatic heterocycles. The minimum Gasteiger partial charge on any atom is -0.481 e. The maximum absolute atomic E-state index is 12.6. The molecule has 0 atom stereocenters. The number of piperidine rings is 1. The summed E-state index contributed by atoms with van der Waals surface area (Å²) in [5.41, 5.74) is -1.69. The molecule has 0 radical (unpaired) electrons. The molecule has 0 spiro atoms.